The van der Waals surface area contributed by atoms with Crippen molar-refractivity contribution in [2.45, 2.75) is 6.92 Å². The zero-order valence-electron chi connectivity index (χ0n) is 13.3. The molecular weight excluding hydrogens is 308 g/mol. The zero-order valence-corrected chi connectivity index (χ0v) is 13.3. The van der Waals surface area contributed by atoms with Gasteiger partial charge in [0.05, 0.1) is 11.3 Å². The van der Waals surface area contributed by atoms with Crippen molar-refractivity contribution in [3.63, 3.8) is 0 Å². The van der Waals surface area contributed by atoms with E-state index in [1.165, 1.54) is 24.4 Å². The summed E-state index contributed by atoms with van der Waals surface area (Å²) in [5, 5.41) is 8.21. The van der Waals surface area contributed by atoms with Gasteiger partial charge in [0.1, 0.15) is 17.3 Å². The monoisotopic (exact) mass is 323 g/mol. The first-order valence-electron chi connectivity index (χ1n) is 7.42. The Balaban J connectivity index is 2.44. The minimum atomic E-state index is -0.648. The minimum absolute atomic E-state index is 0.121. The van der Waals surface area contributed by atoms with Crippen LogP contribution >= 0.6 is 0 Å². The molecule has 3 nitrogen and oxygen atoms in total. The second-order valence-electron chi connectivity index (χ2n) is 5.27. The molecule has 0 spiro atoms. The molecule has 120 valence electrons. The van der Waals surface area contributed by atoms with Crippen LogP contribution in [-0.2, 0) is 0 Å². The van der Waals surface area contributed by atoms with Crippen molar-refractivity contribution in [2.75, 3.05) is 7.05 Å². The van der Waals surface area contributed by atoms with E-state index >= 15 is 0 Å². The van der Waals surface area contributed by atoms with E-state index in [0.29, 0.717) is 22.5 Å². The van der Waals surface area contributed by atoms with Crippen LogP contribution in [0.1, 0.15) is 11.4 Å². The predicted molar refractivity (Wildman–Crippen MR) is 91.1 cm³/mol. The Kier molecular flexibility index (Phi) is 4.42. The van der Waals surface area contributed by atoms with Gasteiger partial charge in [-0.3, -0.25) is 4.99 Å². The molecule has 1 aromatic heterocycles. The van der Waals surface area contributed by atoms with Gasteiger partial charge in [0.2, 0.25) is 0 Å². The number of halogens is 2. The lowest BCUT2D eigenvalue weighted by atomic mass is 9.92. The summed E-state index contributed by atoms with van der Waals surface area (Å²) in [5.41, 5.74) is 2.61. The maximum absolute atomic E-state index is 14.5. The molecule has 24 heavy (non-hydrogen) atoms. The van der Waals surface area contributed by atoms with Crippen LogP contribution in [0, 0.1) is 18.6 Å². The molecule has 0 amide bonds. The highest BCUT2D eigenvalue weighted by Crippen LogP contribution is 2.37. The summed E-state index contributed by atoms with van der Waals surface area (Å²) < 4.78 is 28.9. The molecule has 2 aromatic carbocycles. The maximum atomic E-state index is 14.5. The summed E-state index contributed by atoms with van der Waals surface area (Å²) in [7, 11) is 1.57. The Morgan fingerprint density at radius 2 is 1.50 bits per heavy atom. The molecule has 3 rings (SSSR count). The van der Waals surface area contributed by atoms with Crippen LogP contribution in [0.25, 0.3) is 22.3 Å². The van der Waals surface area contributed by atoms with Crippen molar-refractivity contribution in [3.05, 3.63) is 71.6 Å². The lowest BCUT2D eigenvalue weighted by molar-refractivity contribution is 0.589. The molecule has 0 saturated carbocycles. The van der Waals surface area contributed by atoms with E-state index in [4.69, 9.17) is 0 Å². The van der Waals surface area contributed by atoms with E-state index in [2.05, 4.69) is 15.2 Å². The molecular formula is C19H15F2N3. The molecule has 0 aliphatic heterocycles. The van der Waals surface area contributed by atoms with Crippen molar-refractivity contribution in [2.24, 2.45) is 4.99 Å². The SMILES string of the molecule is C/N=C/c1nnc(C)c(-c2ccccc2)c1-c1c(F)cccc1F. The Morgan fingerprint density at radius 3 is 2.12 bits per heavy atom. The number of hydrogen-bond donors (Lipinski definition) is 0. The molecule has 0 atom stereocenters. The molecule has 0 radical (unpaired) electrons. The number of aromatic nitrogens is 2. The normalized spacial score (nSPS) is 11.2. The fourth-order valence-electron chi connectivity index (χ4n) is 2.70. The third-order valence-electron chi connectivity index (χ3n) is 3.70. The van der Waals surface area contributed by atoms with Crippen molar-refractivity contribution in [1.82, 2.24) is 10.2 Å². The number of hydrogen-bond acceptors (Lipinski definition) is 3. The summed E-state index contributed by atoms with van der Waals surface area (Å²) in [6.45, 7) is 1.77. The van der Waals surface area contributed by atoms with E-state index in [-0.39, 0.29) is 5.56 Å². The Labute approximate surface area is 138 Å². The van der Waals surface area contributed by atoms with Gasteiger partial charge in [-0.05, 0) is 24.6 Å². The van der Waals surface area contributed by atoms with Gasteiger partial charge in [0.25, 0.3) is 0 Å². The first kappa shape index (κ1) is 15.9. The first-order chi connectivity index (χ1) is 11.6. The summed E-state index contributed by atoms with van der Waals surface area (Å²) in [4.78, 5) is 3.94. The average Bonchev–Trinajstić information content (AvgIpc) is 2.58. The third kappa shape index (κ3) is 2.80. The highest BCUT2D eigenvalue weighted by molar-refractivity contribution is 5.96. The van der Waals surface area contributed by atoms with Gasteiger partial charge >= 0.3 is 0 Å². The lowest BCUT2D eigenvalue weighted by Gasteiger charge is -2.15. The number of aliphatic imine (C=N–C) groups is 1. The second kappa shape index (κ2) is 6.66. The fourth-order valence-corrected chi connectivity index (χ4v) is 2.70. The Bertz CT molecular complexity index is 886. The van der Waals surface area contributed by atoms with Crippen LogP contribution in [-0.4, -0.2) is 23.5 Å². The Hall–Kier alpha value is -2.95. The molecule has 0 saturated heterocycles. The van der Waals surface area contributed by atoms with Gasteiger partial charge < -0.3 is 0 Å². The average molecular weight is 323 g/mol. The van der Waals surface area contributed by atoms with E-state index in [1.807, 2.05) is 30.3 Å². The smallest absolute Gasteiger partial charge is 0.134 e. The molecule has 5 heteroatoms. The molecule has 0 fully saturated rings. The molecule has 0 aliphatic rings. The number of aryl methyl sites for hydroxylation is 1. The summed E-state index contributed by atoms with van der Waals surface area (Å²) in [6, 6.07) is 13.2. The van der Waals surface area contributed by atoms with Gasteiger partial charge in [-0.2, -0.15) is 5.10 Å². The van der Waals surface area contributed by atoms with Crippen LogP contribution in [0.2, 0.25) is 0 Å². The number of benzene rings is 2. The van der Waals surface area contributed by atoms with Crippen LogP contribution in [0.15, 0.2) is 53.5 Å². The fraction of sp³-hybridized carbons (Fsp3) is 0.105. The summed E-state index contributed by atoms with van der Waals surface area (Å²) in [5.74, 6) is -1.30. The summed E-state index contributed by atoms with van der Waals surface area (Å²) in [6.07, 6.45) is 1.46. The van der Waals surface area contributed by atoms with Crippen LogP contribution < -0.4 is 0 Å². The maximum Gasteiger partial charge on any atom is 0.134 e. The van der Waals surface area contributed by atoms with E-state index in [9.17, 15) is 8.78 Å². The van der Waals surface area contributed by atoms with Gasteiger partial charge in [-0.25, -0.2) is 8.78 Å². The largest absolute Gasteiger partial charge is 0.294 e. The lowest BCUT2D eigenvalue weighted by Crippen LogP contribution is -2.05. The second-order valence-corrected chi connectivity index (χ2v) is 5.27. The Morgan fingerprint density at radius 1 is 0.833 bits per heavy atom. The van der Waals surface area contributed by atoms with Gasteiger partial charge in [0, 0.05) is 24.4 Å². The molecule has 3 aromatic rings. The third-order valence-corrected chi connectivity index (χ3v) is 3.70. The van der Waals surface area contributed by atoms with E-state index in [0.717, 1.165) is 5.56 Å². The van der Waals surface area contributed by atoms with Crippen molar-refractivity contribution in [1.29, 1.82) is 0 Å². The van der Waals surface area contributed by atoms with Crippen LogP contribution in [0.3, 0.4) is 0 Å². The van der Waals surface area contributed by atoms with Crippen molar-refractivity contribution in [3.8, 4) is 22.3 Å². The summed E-state index contributed by atoms with van der Waals surface area (Å²) >= 11 is 0. The topological polar surface area (TPSA) is 38.1 Å². The number of nitrogens with zero attached hydrogens (tertiary/aromatic N) is 3. The van der Waals surface area contributed by atoms with Gasteiger partial charge in [0.15, 0.2) is 0 Å². The molecule has 0 unspecified atom stereocenters. The minimum Gasteiger partial charge on any atom is -0.294 e. The van der Waals surface area contributed by atoms with E-state index < -0.39 is 11.6 Å². The molecule has 0 N–H and O–H groups in total. The zero-order chi connectivity index (χ0) is 17.1. The molecule has 1 heterocycles. The van der Waals surface area contributed by atoms with Crippen LogP contribution in [0.4, 0.5) is 8.78 Å². The van der Waals surface area contributed by atoms with Gasteiger partial charge in [-0.15, -0.1) is 5.10 Å². The predicted octanol–water partition coefficient (Wildman–Crippen LogP) is 4.45. The quantitative estimate of drug-likeness (QED) is 0.668. The van der Waals surface area contributed by atoms with E-state index in [1.54, 1.807) is 14.0 Å². The van der Waals surface area contributed by atoms with Crippen LogP contribution in [0.5, 0.6) is 0 Å². The number of rotatable bonds is 3. The highest BCUT2D eigenvalue weighted by Gasteiger charge is 2.22. The van der Waals surface area contributed by atoms with Crippen molar-refractivity contribution < 1.29 is 8.78 Å². The van der Waals surface area contributed by atoms with Gasteiger partial charge in [-0.1, -0.05) is 36.4 Å². The molecule has 0 aliphatic carbocycles. The molecule has 0 bridgehead atoms. The first-order valence-corrected chi connectivity index (χ1v) is 7.42. The van der Waals surface area contributed by atoms with Crippen molar-refractivity contribution >= 4 is 6.21 Å². The highest BCUT2D eigenvalue weighted by atomic mass is 19.1. The standard InChI is InChI=1S/C19H15F2N3/c1-12-17(13-7-4-3-5-8-13)19(16(11-22-2)24-23-12)18-14(20)9-6-10-15(18)21/h3-11H,1-2H3/b22-11+.